The molecule has 1 amide bonds. The first-order valence-corrected chi connectivity index (χ1v) is 12.6. The molecule has 0 aliphatic carbocycles. The lowest BCUT2D eigenvalue weighted by Gasteiger charge is -2.18. The van der Waals surface area contributed by atoms with Crippen LogP contribution in [0.5, 0.6) is 0 Å². The van der Waals surface area contributed by atoms with Crippen LogP contribution in [0.3, 0.4) is 0 Å². The second-order valence-electron chi connectivity index (χ2n) is 8.73. The molecule has 1 unspecified atom stereocenters. The van der Waals surface area contributed by atoms with Crippen LogP contribution in [0.25, 0.3) is 10.6 Å². The Morgan fingerprint density at radius 2 is 1.79 bits per heavy atom. The van der Waals surface area contributed by atoms with Crippen molar-refractivity contribution < 1.29 is 42.1 Å². The average molecular weight is 566 g/mol. The van der Waals surface area contributed by atoms with Crippen molar-refractivity contribution in [3.8, 4) is 10.6 Å². The van der Waals surface area contributed by atoms with Crippen molar-refractivity contribution in [3.05, 3.63) is 70.0 Å². The molecule has 0 aliphatic rings. The van der Waals surface area contributed by atoms with Crippen molar-refractivity contribution in [2.75, 3.05) is 0 Å². The molecule has 1 atom stereocenters. The number of aromatic nitrogens is 2. The standard InChI is InChI=1S/C26H26F3N3O6S/c1-14(2)36-20(24(34)37-38-25(35)26(27,28)29)12-17-9-10-30-18(11-17)13-31-22(33)21-16(4)39-23(32-21)19-8-6-5-7-15(19)3/h5-11,14,20H,12-13H2,1-4H3,(H,31,33). The lowest BCUT2D eigenvalue weighted by atomic mass is 10.1. The molecule has 1 N–H and O–H groups in total. The number of ether oxygens (including phenoxy) is 1. The van der Waals surface area contributed by atoms with Crippen LogP contribution < -0.4 is 5.32 Å². The Balaban J connectivity index is 1.65. The molecule has 2 aromatic heterocycles. The van der Waals surface area contributed by atoms with E-state index in [2.05, 4.69) is 25.1 Å². The summed E-state index contributed by atoms with van der Waals surface area (Å²) >= 11 is 1.42. The van der Waals surface area contributed by atoms with Crippen LogP contribution in [0.2, 0.25) is 0 Å². The second-order valence-corrected chi connectivity index (χ2v) is 9.93. The summed E-state index contributed by atoms with van der Waals surface area (Å²) in [6, 6.07) is 10.9. The van der Waals surface area contributed by atoms with Gasteiger partial charge in [-0.1, -0.05) is 24.3 Å². The number of carbonyl (C=O) groups excluding carboxylic acids is 3. The lowest BCUT2D eigenvalue weighted by Crippen LogP contribution is -2.34. The minimum Gasteiger partial charge on any atom is -0.363 e. The number of halogens is 3. The summed E-state index contributed by atoms with van der Waals surface area (Å²) in [6.07, 6.45) is -5.85. The van der Waals surface area contributed by atoms with Crippen molar-refractivity contribution in [1.29, 1.82) is 0 Å². The van der Waals surface area contributed by atoms with Crippen LogP contribution in [-0.2, 0) is 37.1 Å². The van der Waals surface area contributed by atoms with Gasteiger partial charge in [-0.2, -0.15) is 13.2 Å². The Morgan fingerprint density at radius 3 is 2.46 bits per heavy atom. The van der Waals surface area contributed by atoms with Crippen LogP contribution in [0, 0.1) is 13.8 Å². The number of amides is 1. The first-order valence-electron chi connectivity index (χ1n) is 11.8. The van der Waals surface area contributed by atoms with E-state index >= 15 is 0 Å². The number of pyridine rings is 1. The maximum atomic E-state index is 12.8. The first-order chi connectivity index (χ1) is 18.3. The lowest BCUT2D eigenvalue weighted by molar-refractivity contribution is -0.290. The van der Waals surface area contributed by atoms with E-state index < -0.39 is 30.3 Å². The summed E-state index contributed by atoms with van der Waals surface area (Å²) in [4.78, 5) is 53.1. The van der Waals surface area contributed by atoms with Gasteiger partial charge in [0.25, 0.3) is 5.91 Å². The number of hydrogen-bond donors (Lipinski definition) is 1. The summed E-state index contributed by atoms with van der Waals surface area (Å²) in [5.41, 5.74) is 3.26. The number of thiazole rings is 1. The van der Waals surface area contributed by atoms with Gasteiger partial charge in [0.15, 0.2) is 6.10 Å². The third kappa shape index (κ3) is 8.32. The molecule has 208 valence electrons. The highest BCUT2D eigenvalue weighted by Crippen LogP contribution is 2.29. The van der Waals surface area contributed by atoms with Gasteiger partial charge >= 0.3 is 18.1 Å². The molecule has 0 spiro atoms. The maximum Gasteiger partial charge on any atom is 0.495 e. The van der Waals surface area contributed by atoms with Crippen LogP contribution in [0.15, 0.2) is 42.6 Å². The summed E-state index contributed by atoms with van der Waals surface area (Å²) in [5, 5.41) is 3.51. The molecule has 9 nitrogen and oxygen atoms in total. The fourth-order valence-corrected chi connectivity index (χ4v) is 4.45. The number of carbonyl (C=O) groups is 3. The van der Waals surface area contributed by atoms with E-state index in [0.29, 0.717) is 17.0 Å². The Bertz CT molecular complexity index is 1340. The summed E-state index contributed by atoms with van der Waals surface area (Å²) in [7, 11) is 0. The number of nitrogens with one attached hydrogen (secondary N) is 1. The van der Waals surface area contributed by atoms with E-state index in [1.807, 2.05) is 38.1 Å². The molecule has 2 heterocycles. The third-order valence-corrected chi connectivity index (χ3v) is 6.25. The molecule has 3 aromatic rings. The largest absolute Gasteiger partial charge is 0.495 e. The fourth-order valence-electron chi connectivity index (χ4n) is 3.45. The van der Waals surface area contributed by atoms with E-state index in [0.717, 1.165) is 21.0 Å². The minimum absolute atomic E-state index is 0.0483. The highest BCUT2D eigenvalue weighted by Gasteiger charge is 2.43. The molecule has 0 saturated carbocycles. The van der Waals surface area contributed by atoms with Gasteiger partial charge in [0.2, 0.25) is 0 Å². The molecule has 1 aromatic carbocycles. The van der Waals surface area contributed by atoms with E-state index in [9.17, 15) is 27.6 Å². The van der Waals surface area contributed by atoms with E-state index in [1.165, 1.54) is 17.5 Å². The number of hydrogen-bond acceptors (Lipinski definition) is 9. The van der Waals surface area contributed by atoms with Crippen molar-refractivity contribution in [2.24, 2.45) is 0 Å². The number of alkyl halides is 3. The topological polar surface area (TPSA) is 117 Å². The van der Waals surface area contributed by atoms with Gasteiger partial charge in [-0.05, 0) is 51.0 Å². The van der Waals surface area contributed by atoms with Gasteiger partial charge in [0.1, 0.15) is 10.7 Å². The van der Waals surface area contributed by atoms with Gasteiger partial charge in [-0.15, -0.1) is 11.3 Å². The highest BCUT2D eigenvalue weighted by atomic mass is 32.1. The summed E-state index contributed by atoms with van der Waals surface area (Å²) in [6.45, 7) is 7.05. The van der Waals surface area contributed by atoms with E-state index in [-0.39, 0.29) is 18.9 Å². The molecular weight excluding hydrogens is 539 g/mol. The van der Waals surface area contributed by atoms with Crippen molar-refractivity contribution in [1.82, 2.24) is 15.3 Å². The molecule has 0 aliphatic heterocycles. The Labute approximate surface area is 226 Å². The molecule has 0 fully saturated rings. The quantitative estimate of drug-likeness (QED) is 0.294. The Morgan fingerprint density at radius 1 is 1.08 bits per heavy atom. The molecular formula is C26H26F3N3O6S. The minimum atomic E-state index is -5.32. The summed E-state index contributed by atoms with van der Waals surface area (Å²) < 4.78 is 42.4. The number of benzene rings is 1. The highest BCUT2D eigenvalue weighted by molar-refractivity contribution is 7.15. The maximum absolute atomic E-state index is 12.8. The van der Waals surface area contributed by atoms with Crippen LogP contribution in [-0.4, -0.2) is 46.2 Å². The molecule has 39 heavy (non-hydrogen) atoms. The SMILES string of the molecule is Cc1ccccc1-c1nc(C(=O)NCc2cc(CC(OC(C)C)C(=O)OOC(=O)C(F)(F)F)ccn2)c(C)s1. The van der Waals surface area contributed by atoms with Crippen LogP contribution in [0.4, 0.5) is 13.2 Å². The monoisotopic (exact) mass is 565 g/mol. The number of aryl methyl sites for hydroxylation is 2. The Hall–Kier alpha value is -3.84. The Kier molecular flexibility index (Phi) is 9.76. The molecule has 0 bridgehead atoms. The number of rotatable bonds is 9. The predicted octanol–water partition coefficient (Wildman–Crippen LogP) is 4.65. The molecule has 0 radical (unpaired) electrons. The van der Waals surface area contributed by atoms with Crippen LogP contribution >= 0.6 is 11.3 Å². The van der Waals surface area contributed by atoms with Gasteiger partial charge in [0, 0.05) is 23.1 Å². The van der Waals surface area contributed by atoms with E-state index in [4.69, 9.17) is 4.74 Å². The van der Waals surface area contributed by atoms with Crippen LogP contribution in [0.1, 0.15) is 46.0 Å². The normalized spacial score (nSPS) is 12.2. The molecule has 3 rings (SSSR count). The molecule has 13 heteroatoms. The average Bonchev–Trinajstić information content (AvgIpc) is 3.26. The van der Waals surface area contributed by atoms with Gasteiger partial charge in [-0.3, -0.25) is 9.78 Å². The summed E-state index contributed by atoms with van der Waals surface area (Å²) in [5.74, 6) is -4.36. The zero-order valence-electron chi connectivity index (χ0n) is 21.5. The zero-order chi connectivity index (χ0) is 28.7. The second kappa shape index (κ2) is 12.8. The van der Waals surface area contributed by atoms with Crippen molar-refractivity contribution in [3.63, 3.8) is 0 Å². The smallest absolute Gasteiger partial charge is 0.363 e. The van der Waals surface area contributed by atoms with E-state index in [1.54, 1.807) is 26.0 Å². The van der Waals surface area contributed by atoms with Crippen molar-refractivity contribution in [2.45, 2.75) is 59.0 Å². The van der Waals surface area contributed by atoms with Gasteiger partial charge in [0.05, 0.1) is 18.3 Å². The fraction of sp³-hybridized carbons (Fsp3) is 0.346. The first kappa shape index (κ1) is 29.7. The third-order valence-electron chi connectivity index (χ3n) is 5.25. The van der Waals surface area contributed by atoms with Gasteiger partial charge < -0.3 is 10.1 Å². The van der Waals surface area contributed by atoms with Crippen molar-refractivity contribution >= 4 is 29.2 Å². The predicted molar refractivity (Wildman–Crippen MR) is 134 cm³/mol. The van der Waals surface area contributed by atoms with Gasteiger partial charge in [-0.25, -0.2) is 24.3 Å². The number of nitrogens with zero attached hydrogens (tertiary/aromatic N) is 2. The molecule has 0 saturated heterocycles. The zero-order valence-corrected chi connectivity index (χ0v) is 22.3.